The second-order valence-corrected chi connectivity index (χ2v) is 12.3. The zero-order chi connectivity index (χ0) is 36.2. The van der Waals surface area contributed by atoms with E-state index in [9.17, 15) is 18.8 Å². The maximum Gasteiger partial charge on any atom is 0.254 e. The van der Waals surface area contributed by atoms with Crippen LogP contribution in [0.5, 0.6) is 0 Å². The fourth-order valence-corrected chi connectivity index (χ4v) is 5.84. The van der Waals surface area contributed by atoms with Gasteiger partial charge in [0.2, 0.25) is 5.91 Å². The van der Waals surface area contributed by atoms with Crippen LogP contribution in [-0.4, -0.2) is 52.7 Å². The number of nitrogens with two attached hydrogens (primary N) is 2. The van der Waals surface area contributed by atoms with Crippen LogP contribution in [0.3, 0.4) is 0 Å². The number of hydrogen-bond acceptors (Lipinski definition) is 5. The summed E-state index contributed by atoms with van der Waals surface area (Å²) in [5.74, 6) is -1.46. The number of nitrogens with zero attached hydrogens (tertiary/aromatic N) is 3. The van der Waals surface area contributed by atoms with Gasteiger partial charge in [-0.15, -0.1) is 0 Å². The van der Waals surface area contributed by atoms with E-state index in [1.807, 2.05) is 67.6 Å². The number of nitrogens with one attached hydrogen (secondary N) is 2. The van der Waals surface area contributed by atoms with Crippen molar-refractivity contribution < 1.29 is 18.8 Å². The number of carbonyl (C=O) groups excluding carboxylic acids is 3. The topological polar surface area (TPSA) is 156 Å². The standard InChI is InChI=1S/C40H42FN7O3/c1-27(34-12-6-9-29-8-2-3-11-35(29)34)46-38(50)36(13-7-24-45-40(42)43)47-37(49)30-16-14-28(15-17-30)26-48(25-22-33-10-4-5-23-44-33)39(51)31-18-20-32(41)21-19-31/h2-6,8-12,14-21,23,27,36H,7,13,22,24-26H2,1H3,(H,46,50)(H,47,49)(H4,42,43,45)/t27-,36+/m1/s1. The van der Waals surface area contributed by atoms with Gasteiger partial charge in [0, 0.05) is 49.1 Å². The van der Waals surface area contributed by atoms with Crippen LogP contribution in [0.25, 0.3) is 10.8 Å². The predicted octanol–water partition coefficient (Wildman–Crippen LogP) is 5.29. The lowest BCUT2D eigenvalue weighted by Gasteiger charge is -2.23. The molecule has 0 saturated carbocycles. The van der Waals surface area contributed by atoms with E-state index in [0.717, 1.165) is 27.6 Å². The summed E-state index contributed by atoms with van der Waals surface area (Å²) < 4.78 is 13.6. The Kier molecular flexibility index (Phi) is 12.4. The number of pyridine rings is 1. The molecule has 1 heterocycles. The van der Waals surface area contributed by atoms with Gasteiger partial charge in [0.05, 0.1) is 6.04 Å². The van der Waals surface area contributed by atoms with E-state index in [1.54, 1.807) is 35.4 Å². The molecule has 10 nitrogen and oxygen atoms in total. The monoisotopic (exact) mass is 687 g/mol. The molecule has 0 aliphatic rings. The summed E-state index contributed by atoms with van der Waals surface area (Å²) >= 11 is 0. The van der Waals surface area contributed by atoms with Crippen molar-refractivity contribution in [3.8, 4) is 0 Å². The number of hydrogen-bond donors (Lipinski definition) is 4. The van der Waals surface area contributed by atoms with Crippen molar-refractivity contribution in [1.29, 1.82) is 0 Å². The van der Waals surface area contributed by atoms with E-state index in [0.29, 0.717) is 43.5 Å². The molecule has 0 spiro atoms. The highest BCUT2D eigenvalue weighted by Crippen LogP contribution is 2.24. The molecule has 6 N–H and O–H groups in total. The minimum atomic E-state index is -0.848. The molecule has 2 atom stereocenters. The minimum Gasteiger partial charge on any atom is -0.370 e. The minimum absolute atomic E-state index is 0.0423. The van der Waals surface area contributed by atoms with Crippen LogP contribution < -0.4 is 22.1 Å². The number of halogens is 1. The third-order valence-corrected chi connectivity index (χ3v) is 8.55. The van der Waals surface area contributed by atoms with Crippen molar-refractivity contribution in [3.05, 3.63) is 149 Å². The molecule has 0 fully saturated rings. The molecule has 3 amide bonds. The number of fused-ring (bicyclic) bond motifs is 1. The zero-order valence-corrected chi connectivity index (χ0v) is 28.5. The van der Waals surface area contributed by atoms with Crippen molar-refractivity contribution in [1.82, 2.24) is 20.5 Å². The average Bonchev–Trinajstić information content (AvgIpc) is 3.14. The number of carbonyl (C=O) groups is 3. The quantitative estimate of drug-likeness (QED) is 0.0666. The molecule has 262 valence electrons. The number of rotatable bonds is 15. The molecular formula is C40H42FN7O3. The number of guanidine groups is 1. The van der Waals surface area contributed by atoms with E-state index in [2.05, 4.69) is 20.6 Å². The van der Waals surface area contributed by atoms with Gasteiger partial charge in [-0.1, -0.05) is 60.7 Å². The SMILES string of the molecule is C[C@@H](NC(=O)[C@H](CCCN=C(N)N)NC(=O)c1ccc(CN(CCc2ccccn2)C(=O)c2ccc(F)cc2)cc1)c1cccc2ccccc12. The Balaban J connectivity index is 1.28. The summed E-state index contributed by atoms with van der Waals surface area (Å²) in [5.41, 5.74) is 14.3. The number of aliphatic imine (C=N–C) groups is 1. The Morgan fingerprint density at radius 1 is 0.843 bits per heavy atom. The summed E-state index contributed by atoms with van der Waals surface area (Å²) in [6.45, 7) is 2.86. The number of benzene rings is 4. The molecule has 5 rings (SSSR count). The van der Waals surface area contributed by atoms with Crippen molar-refractivity contribution in [2.24, 2.45) is 16.5 Å². The maximum atomic E-state index is 13.6. The second kappa shape index (κ2) is 17.5. The van der Waals surface area contributed by atoms with Crippen LogP contribution in [0, 0.1) is 5.82 Å². The Labute approximate surface area is 296 Å². The van der Waals surface area contributed by atoms with E-state index in [1.165, 1.54) is 24.3 Å². The van der Waals surface area contributed by atoms with Crippen molar-refractivity contribution >= 4 is 34.5 Å². The third kappa shape index (κ3) is 10.2. The molecule has 51 heavy (non-hydrogen) atoms. The summed E-state index contributed by atoms with van der Waals surface area (Å²) in [4.78, 5) is 50.6. The van der Waals surface area contributed by atoms with E-state index >= 15 is 0 Å². The van der Waals surface area contributed by atoms with Gasteiger partial charge in [-0.2, -0.15) is 0 Å². The van der Waals surface area contributed by atoms with Gasteiger partial charge in [0.25, 0.3) is 11.8 Å². The summed E-state index contributed by atoms with van der Waals surface area (Å²) in [6, 6.07) is 30.7. The smallest absolute Gasteiger partial charge is 0.254 e. The van der Waals surface area contributed by atoms with Gasteiger partial charge in [-0.25, -0.2) is 4.39 Å². The van der Waals surface area contributed by atoms with E-state index in [-0.39, 0.29) is 30.4 Å². The molecule has 1 aromatic heterocycles. The van der Waals surface area contributed by atoms with Crippen LogP contribution in [0.4, 0.5) is 4.39 Å². The summed E-state index contributed by atoms with van der Waals surface area (Å²) in [6.07, 6.45) is 3.01. The van der Waals surface area contributed by atoms with Crippen molar-refractivity contribution in [2.75, 3.05) is 13.1 Å². The second-order valence-electron chi connectivity index (χ2n) is 12.3. The van der Waals surface area contributed by atoms with Gasteiger partial charge in [0.1, 0.15) is 11.9 Å². The molecular weight excluding hydrogens is 645 g/mol. The van der Waals surface area contributed by atoms with Crippen molar-refractivity contribution in [2.45, 2.75) is 44.8 Å². The molecule has 0 aliphatic heterocycles. The molecule has 5 aromatic rings. The average molecular weight is 688 g/mol. The third-order valence-electron chi connectivity index (χ3n) is 8.55. The van der Waals surface area contributed by atoms with E-state index < -0.39 is 17.8 Å². The van der Waals surface area contributed by atoms with Gasteiger partial charge < -0.3 is 27.0 Å². The number of amides is 3. The van der Waals surface area contributed by atoms with Gasteiger partial charge in [0.15, 0.2) is 5.96 Å². The lowest BCUT2D eigenvalue weighted by atomic mass is 9.99. The fraction of sp³-hybridized carbons (Fsp3) is 0.225. The Bertz CT molecular complexity index is 1960. The molecule has 11 heteroatoms. The lowest BCUT2D eigenvalue weighted by Crippen LogP contribution is -2.47. The highest BCUT2D eigenvalue weighted by Gasteiger charge is 2.24. The molecule has 0 unspecified atom stereocenters. The molecule has 0 radical (unpaired) electrons. The first kappa shape index (κ1) is 36.2. The van der Waals surface area contributed by atoms with Gasteiger partial charge in [-0.3, -0.25) is 24.4 Å². The Hall–Kier alpha value is -6.10. The largest absolute Gasteiger partial charge is 0.370 e. The first-order valence-electron chi connectivity index (χ1n) is 16.9. The van der Waals surface area contributed by atoms with Crippen LogP contribution in [0.15, 0.2) is 120 Å². The predicted molar refractivity (Wildman–Crippen MR) is 197 cm³/mol. The molecule has 4 aromatic carbocycles. The first-order valence-corrected chi connectivity index (χ1v) is 16.9. The van der Waals surface area contributed by atoms with Crippen molar-refractivity contribution in [3.63, 3.8) is 0 Å². The number of aromatic nitrogens is 1. The molecule has 0 saturated heterocycles. The normalized spacial score (nSPS) is 12.0. The highest BCUT2D eigenvalue weighted by molar-refractivity contribution is 5.98. The molecule has 0 bridgehead atoms. The van der Waals surface area contributed by atoms with Gasteiger partial charge in [-0.05, 0) is 90.2 Å². The van der Waals surface area contributed by atoms with Crippen LogP contribution >= 0.6 is 0 Å². The Morgan fingerprint density at radius 2 is 1.55 bits per heavy atom. The van der Waals surface area contributed by atoms with Crippen LogP contribution in [-0.2, 0) is 17.8 Å². The maximum absolute atomic E-state index is 13.6. The van der Waals surface area contributed by atoms with Gasteiger partial charge >= 0.3 is 0 Å². The van der Waals surface area contributed by atoms with Crippen LogP contribution in [0.2, 0.25) is 0 Å². The lowest BCUT2D eigenvalue weighted by molar-refractivity contribution is -0.123. The first-order chi connectivity index (χ1) is 24.7. The zero-order valence-electron chi connectivity index (χ0n) is 28.5. The molecule has 0 aliphatic carbocycles. The Morgan fingerprint density at radius 3 is 2.27 bits per heavy atom. The highest BCUT2D eigenvalue weighted by atomic mass is 19.1. The van der Waals surface area contributed by atoms with E-state index in [4.69, 9.17) is 11.5 Å². The van der Waals surface area contributed by atoms with Crippen LogP contribution in [0.1, 0.15) is 63.3 Å². The summed E-state index contributed by atoms with van der Waals surface area (Å²) in [5, 5.41) is 8.07. The fourth-order valence-electron chi connectivity index (χ4n) is 5.84. The summed E-state index contributed by atoms with van der Waals surface area (Å²) in [7, 11) is 0.